The molecule has 3 heteroatoms. The van der Waals surface area contributed by atoms with Crippen LogP contribution in [0.1, 0.15) is 30.4 Å². The SMILES string of the molecule is COc1ccc(C/C=C/CCCCc2ccc(OC)c(OC)c2)cc1. The first-order valence-corrected chi connectivity index (χ1v) is 8.75. The van der Waals surface area contributed by atoms with Crippen LogP contribution in [0.25, 0.3) is 0 Å². The van der Waals surface area contributed by atoms with Crippen molar-refractivity contribution in [3.8, 4) is 17.2 Å². The van der Waals surface area contributed by atoms with Gasteiger partial charge in [-0.15, -0.1) is 0 Å². The Morgan fingerprint density at radius 2 is 1.44 bits per heavy atom. The van der Waals surface area contributed by atoms with E-state index in [0.29, 0.717) is 0 Å². The molecule has 0 aliphatic rings. The predicted molar refractivity (Wildman–Crippen MR) is 103 cm³/mol. The van der Waals surface area contributed by atoms with Crippen molar-refractivity contribution in [1.29, 1.82) is 0 Å². The molecule has 0 unspecified atom stereocenters. The van der Waals surface area contributed by atoms with Crippen LogP contribution in [-0.2, 0) is 12.8 Å². The van der Waals surface area contributed by atoms with Gasteiger partial charge in [0.1, 0.15) is 5.75 Å². The predicted octanol–water partition coefficient (Wildman–Crippen LogP) is 5.22. The highest BCUT2D eigenvalue weighted by Gasteiger charge is 2.04. The zero-order valence-corrected chi connectivity index (χ0v) is 15.5. The number of unbranched alkanes of at least 4 members (excludes halogenated alkanes) is 2. The van der Waals surface area contributed by atoms with Crippen molar-refractivity contribution in [1.82, 2.24) is 0 Å². The second-order valence-corrected chi connectivity index (χ2v) is 5.96. The monoisotopic (exact) mass is 340 g/mol. The fourth-order valence-electron chi connectivity index (χ4n) is 2.73. The van der Waals surface area contributed by atoms with E-state index in [-0.39, 0.29) is 0 Å². The lowest BCUT2D eigenvalue weighted by atomic mass is 10.1. The fourth-order valence-corrected chi connectivity index (χ4v) is 2.73. The van der Waals surface area contributed by atoms with Gasteiger partial charge in [0.05, 0.1) is 21.3 Å². The van der Waals surface area contributed by atoms with Crippen molar-refractivity contribution in [3.63, 3.8) is 0 Å². The van der Waals surface area contributed by atoms with E-state index >= 15 is 0 Å². The van der Waals surface area contributed by atoms with Gasteiger partial charge in [-0.1, -0.05) is 30.4 Å². The average Bonchev–Trinajstić information content (AvgIpc) is 2.67. The normalized spacial score (nSPS) is 10.8. The summed E-state index contributed by atoms with van der Waals surface area (Å²) in [6.07, 6.45) is 10.0. The van der Waals surface area contributed by atoms with Crippen LogP contribution in [0.5, 0.6) is 17.2 Å². The first kappa shape index (κ1) is 18.9. The molecule has 2 rings (SSSR count). The van der Waals surface area contributed by atoms with Crippen LogP contribution in [-0.4, -0.2) is 21.3 Å². The molecule has 3 nitrogen and oxygen atoms in total. The lowest BCUT2D eigenvalue weighted by Gasteiger charge is -2.09. The van der Waals surface area contributed by atoms with Crippen LogP contribution in [0.15, 0.2) is 54.6 Å². The molecule has 0 aliphatic heterocycles. The van der Waals surface area contributed by atoms with E-state index in [2.05, 4.69) is 36.4 Å². The number of methoxy groups -OCH3 is 3. The highest BCUT2D eigenvalue weighted by molar-refractivity contribution is 5.42. The maximum Gasteiger partial charge on any atom is 0.160 e. The van der Waals surface area contributed by atoms with Crippen LogP contribution in [0.2, 0.25) is 0 Å². The van der Waals surface area contributed by atoms with E-state index in [1.165, 1.54) is 24.0 Å². The Morgan fingerprint density at radius 1 is 0.720 bits per heavy atom. The maximum absolute atomic E-state index is 5.35. The summed E-state index contributed by atoms with van der Waals surface area (Å²) in [4.78, 5) is 0. The van der Waals surface area contributed by atoms with E-state index in [1.807, 2.05) is 18.2 Å². The third-order valence-electron chi connectivity index (χ3n) is 4.21. The van der Waals surface area contributed by atoms with Crippen molar-refractivity contribution in [2.45, 2.75) is 32.1 Å². The van der Waals surface area contributed by atoms with E-state index in [4.69, 9.17) is 14.2 Å². The molecular weight excluding hydrogens is 312 g/mol. The standard InChI is InChI=1S/C22H28O3/c1-23-20-14-11-18(12-15-20)9-7-5-4-6-8-10-19-13-16-21(24-2)22(17-19)25-3/h5,7,11-17H,4,6,8-10H2,1-3H3/b7-5+. The summed E-state index contributed by atoms with van der Waals surface area (Å²) < 4.78 is 15.8. The number of hydrogen-bond acceptors (Lipinski definition) is 3. The number of hydrogen-bond donors (Lipinski definition) is 0. The molecule has 0 amide bonds. The molecule has 0 spiro atoms. The van der Waals surface area contributed by atoms with E-state index < -0.39 is 0 Å². The summed E-state index contributed by atoms with van der Waals surface area (Å²) >= 11 is 0. The smallest absolute Gasteiger partial charge is 0.160 e. The summed E-state index contributed by atoms with van der Waals surface area (Å²) in [7, 11) is 5.03. The van der Waals surface area contributed by atoms with E-state index in [0.717, 1.165) is 36.5 Å². The summed E-state index contributed by atoms with van der Waals surface area (Å²) in [5, 5.41) is 0. The topological polar surface area (TPSA) is 27.7 Å². The van der Waals surface area contributed by atoms with Gasteiger partial charge < -0.3 is 14.2 Å². The Bertz CT molecular complexity index is 659. The minimum atomic E-state index is 0.785. The van der Waals surface area contributed by atoms with Crippen molar-refractivity contribution < 1.29 is 14.2 Å². The van der Waals surface area contributed by atoms with Crippen LogP contribution < -0.4 is 14.2 Å². The Hall–Kier alpha value is -2.42. The van der Waals surface area contributed by atoms with Crippen molar-refractivity contribution in [2.24, 2.45) is 0 Å². The summed E-state index contributed by atoms with van der Waals surface area (Å²) in [6, 6.07) is 14.4. The third-order valence-corrected chi connectivity index (χ3v) is 4.21. The van der Waals surface area contributed by atoms with E-state index in [9.17, 15) is 0 Å². The third kappa shape index (κ3) is 6.18. The maximum atomic E-state index is 5.35. The quantitative estimate of drug-likeness (QED) is 0.438. The molecule has 0 saturated carbocycles. The van der Waals surface area contributed by atoms with Gasteiger partial charge in [-0.25, -0.2) is 0 Å². The second-order valence-electron chi connectivity index (χ2n) is 5.96. The molecule has 25 heavy (non-hydrogen) atoms. The van der Waals surface area contributed by atoms with Crippen LogP contribution in [0.4, 0.5) is 0 Å². The molecule has 0 atom stereocenters. The van der Waals surface area contributed by atoms with Gasteiger partial charge >= 0.3 is 0 Å². The molecule has 134 valence electrons. The number of ether oxygens (including phenoxy) is 3. The number of rotatable bonds is 10. The molecular formula is C22H28O3. The molecule has 0 heterocycles. The second kappa shape index (κ2) is 10.4. The van der Waals surface area contributed by atoms with Crippen molar-refractivity contribution in [3.05, 3.63) is 65.7 Å². The molecule has 0 aromatic heterocycles. The zero-order valence-electron chi connectivity index (χ0n) is 15.5. The van der Waals surface area contributed by atoms with E-state index in [1.54, 1.807) is 21.3 Å². The lowest BCUT2D eigenvalue weighted by molar-refractivity contribution is 0.354. The Labute approximate surface area is 151 Å². The summed E-state index contributed by atoms with van der Waals surface area (Å²) in [5.74, 6) is 2.50. The fraction of sp³-hybridized carbons (Fsp3) is 0.364. The minimum Gasteiger partial charge on any atom is -0.497 e. The lowest BCUT2D eigenvalue weighted by Crippen LogP contribution is -1.93. The van der Waals surface area contributed by atoms with Gasteiger partial charge in [-0.3, -0.25) is 0 Å². The molecule has 0 fully saturated rings. The molecule has 0 N–H and O–H groups in total. The van der Waals surface area contributed by atoms with Crippen LogP contribution in [0.3, 0.4) is 0 Å². The number of allylic oxidation sites excluding steroid dienone is 2. The van der Waals surface area contributed by atoms with Gasteiger partial charge in [0.25, 0.3) is 0 Å². The molecule has 2 aromatic carbocycles. The first-order valence-electron chi connectivity index (χ1n) is 8.75. The van der Waals surface area contributed by atoms with Gasteiger partial charge in [-0.05, 0) is 67.5 Å². The minimum absolute atomic E-state index is 0.785. The molecule has 0 aliphatic carbocycles. The Balaban J connectivity index is 1.67. The van der Waals surface area contributed by atoms with Gasteiger partial charge in [0, 0.05) is 0 Å². The molecule has 2 aromatic rings. The van der Waals surface area contributed by atoms with Gasteiger partial charge in [0.2, 0.25) is 0 Å². The highest BCUT2D eigenvalue weighted by Crippen LogP contribution is 2.28. The molecule has 0 radical (unpaired) electrons. The zero-order chi connectivity index (χ0) is 17.9. The largest absolute Gasteiger partial charge is 0.497 e. The highest BCUT2D eigenvalue weighted by atomic mass is 16.5. The molecule has 0 saturated heterocycles. The Kier molecular flexibility index (Phi) is 7.90. The van der Waals surface area contributed by atoms with Crippen molar-refractivity contribution in [2.75, 3.05) is 21.3 Å². The average molecular weight is 340 g/mol. The first-order chi connectivity index (χ1) is 12.3. The Morgan fingerprint density at radius 3 is 2.12 bits per heavy atom. The molecule has 0 bridgehead atoms. The number of aryl methyl sites for hydroxylation is 1. The van der Waals surface area contributed by atoms with Gasteiger partial charge in [-0.2, -0.15) is 0 Å². The van der Waals surface area contributed by atoms with Crippen LogP contribution >= 0.6 is 0 Å². The number of benzene rings is 2. The van der Waals surface area contributed by atoms with Gasteiger partial charge in [0.15, 0.2) is 11.5 Å². The summed E-state index contributed by atoms with van der Waals surface area (Å²) in [5.41, 5.74) is 2.60. The van der Waals surface area contributed by atoms with Crippen molar-refractivity contribution >= 4 is 0 Å². The van der Waals surface area contributed by atoms with Crippen LogP contribution in [0, 0.1) is 0 Å². The summed E-state index contributed by atoms with van der Waals surface area (Å²) in [6.45, 7) is 0.